The van der Waals surface area contributed by atoms with Crippen LogP contribution in [0.25, 0.3) is 20.7 Å². The Morgan fingerprint density at radius 2 is 1.62 bits per heavy atom. The summed E-state index contributed by atoms with van der Waals surface area (Å²) in [6.07, 6.45) is 0. The fraction of sp³-hybridized carbons (Fsp3) is 0.0526. The Morgan fingerprint density at radius 1 is 0.885 bits per heavy atom. The molecule has 0 amide bonds. The molecule has 7 heteroatoms. The van der Waals surface area contributed by atoms with Crippen molar-refractivity contribution in [2.75, 3.05) is 5.32 Å². The quantitative estimate of drug-likeness (QED) is 0.351. The van der Waals surface area contributed by atoms with Crippen LogP contribution in [0.5, 0.6) is 0 Å². The van der Waals surface area contributed by atoms with Gasteiger partial charge in [0.2, 0.25) is 0 Å². The SMILES string of the molecule is Cc1nc(Nc2cc(Cl)c(Cl)cc2Cl)c2cc(-c3ccccc3)sc2n1. The number of aryl methyl sites for hydroxylation is 1. The molecule has 0 fully saturated rings. The van der Waals surface area contributed by atoms with E-state index < -0.39 is 0 Å². The van der Waals surface area contributed by atoms with Crippen LogP contribution in [-0.4, -0.2) is 9.97 Å². The van der Waals surface area contributed by atoms with Gasteiger partial charge in [-0.2, -0.15) is 0 Å². The maximum atomic E-state index is 6.30. The second kappa shape index (κ2) is 7.05. The van der Waals surface area contributed by atoms with Crippen molar-refractivity contribution >= 4 is 67.9 Å². The normalized spacial score (nSPS) is 11.1. The van der Waals surface area contributed by atoms with E-state index in [1.807, 2.05) is 25.1 Å². The molecule has 3 nitrogen and oxygen atoms in total. The lowest BCUT2D eigenvalue weighted by Gasteiger charge is -2.10. The van der Waals surface area contributed by atoms with Crippen molar-refractivity contribution in [1.29, 1.82) is 0 Å². The summed E-state index contributed by atoms with van der Waals surface area (Å²) in [4.78, 5) is 11.2. The van der Waals surface area contributed by atoms with Crippen LogP contribution in [0.1, 0.15) is 5.82 Å². The molecule has 0 atom stereocenters. The molecular formula is C19H12Cl3N3S. The molecule has 0 saturated carbocycles. The summed E-state index contributed by atoms with van der Waals surface area (Å²) in [6.45, 7) is 1.86. The van der Waals surface area contributed by atoms with Crippen LogP contribution < -0.4 is 5.32 Å². The van der Waals surface area contributed by atoms with E-state index in [2.05, 4.69) is 33.5 Å². The van der Waals surface area contributed by atoms with Crippen LogP contribution in [0.4, 0.5) is 11.5 Å². The number of benzene rings is 2. The molecule has 0 aliphatic carbocycles. The number of thiophene rings is 1. The number of hydrogen-bond acceptors (Lipinski definition) is 4. The van der Waals surface area contributed by atoms with Crippen LogP contribution in [0.15, 0.2) is 48.5 Å². The first kappa shape index (κ1) is 17.6. The third kappa shape index (κ3) is 3.38. The van der Waals surface area contributed by atoms with E-state index in [0.717, 1.165) is 20.7 Å². The van der Waals surface area contributed by atoms with Crippen LogP contribution in [0.3, 0.4) is 0 Å². The molecule has 0 unspecified atom stereocenters. The summed E-state index contributed by atoms with van der Waals surface area (Å²) in [6, 6.07) is 15.6. The second-order valence-corrected chi connectivity index (χ2v) is 7.94. The van der Waals surface area contributed by atoms with Gasteiger partial charge >= 0.3 is 0 Å². The Bertz CT molecular complexity index is 1110. The molecule has 1 N–H and O–H groups in total. The Kier molecular flexibility index (Phi) is 4.76. The fourth-order valence-electron chi connectivity index (χ4n) is 2.61. The van der Waals surface area contributed by atoms with Crippen molar-refractivity contribution < 1.29 is 0 Å². The molecule has 4 rings (SSSR count). The van der Waals surface area contributed by atoms with Gasteiger partial charge < -0.3 is 5.32 Å². The highest BCUT2D eigenvalue weighted by atomic mass is 35.5. The molecular weight excluding hydrogens is 409 g/mol. The van der Waals surface area contributed by atoms with Crippen LogP contribution in [0.2, 0.25) is 15.1 Å². The molecule has 0 aliphatic rings. The van der Waals surface area contributed by atoms with Gasteiger partial charge in [-0.1, -0.05) is 65.1 Å². The molecule has 130 valence electrons. The summed E-state index contributed by atoms with van der Waals surface area (Å²) in [7, 11) is 0. The number of fused-ring (bicyclic) bond motifs is 1. The topological polar surface area (TPSA) is 37.8 Å². The third-order valence-electron chi connectivity index (χ3n) is 3.83. The monoisotopic (exact) mass is 419 g/mol. The van der Waals surface area contributed by atoms with Crippen molar-refractivity contribution in [3.8, 4) is 10.4 Å². The molecule has 0 spiro atoms. The van der Waals surface area contributed by atoms with E-state index in [-0.39, 0.29) is 0 Å². The molecule has 0 saturated heterocycles. The summed E-state index contributed by atoms with van der Waals surface area (Å²) in [5.41, 5.74) is 1.79. The number of halogens is 3. The number of hydrogen-bond donors (Lipinski definition) is 1. The minimum Gasteiger partial charge on any atom is -0.338 e. The highest BCUT2D eigenvalue weighted by molar-refractivity contribution is 7.21. The average molecular weight is 421 g/mol. The number of nitrogens with zero attached hydrogens (tertiary/aromatic N) is 2. The lowest BCUT2D eigenvalue weighted by atomic mass is 10.2. The Morgan fingerprint density at radius 3 is 2.38 bits per heavy atom. The zero-order valence-corrected chi connectivity index (χ0v) is 16.6. The van der Waals surface area contributed by atoms with E-state index in [4.69, 9.17) is 34.8 Å². The maximum Gasteiger partial charge on any atom is 0.142 e. The fourth-order valence-corrected chi connectivity index (χ4v) is 4.29. The first-order chi connectivity index (χ1) is 12.5. The molecule has 0 aliphatic heterocycles. The number of aromatic nitrogens is 2. The number of nitrogens with one attached hydrogen (secondary N) is 1. The third-order valence-corrected chi connectivity index (χ3v) is 5.94. The maximum absolute atomic E-state index is 6.30. The number of anilines is 2. The first-order valence-corrected chi connectivity index (χ1v) is 9.71. The number of rotatable bonds is 3. The van der Waals surface area contributed by atoms with E-state index in [1.54, 1.807) is 23.5 Å². The minimum atomic E-state index is 0.410. The molecule has 2 aromatic heterocycles. The first-order valence-electron chi connectivity index (χ1n) is 7.76. The van der Waals surface area contributed by atoms with Gasteiger partial charge in [-0.3, -0.25) is 0 Å². The van der Waals surface area contributed by atoms with Crippen molar-refractivity contribution in [2.45, 2.75) is 6.92 Å². The van der Waals surface area contributed by atoms with Crippen molar-refractivity contribution in [3.05, 3.63) is 69.4 Å². The van der Waals surface area contributed by atoms with Gasteiger partial charge in [0.25, 0.3) is 0 Å². The summed E-state index contributed by atoms with van der Waals surface area (Å²) < 4.78 is 0. The molecule has 2 aromatic carbocycles. The Balaban J connectivity index is 1.82. The second-order valence-electron chi connectivity index (χ2n) is 5.69. The standard InChI is InChI=1S/C19H12Cl3N3S/c1-10-23-18(25-16-9-14(21)13(20)8-15(16)22)12-7-17(26-19(12)24-10)11-5-3-2-4-6-11/h2-9H,1H3,(H,23,24,25). The van der Waals surface area contributed by atoms with Gasteiger partial charge in [0.05, 0.1) is 26.1 Å². The summed E-state index contributed by atoms with van der Waals surface area (Å²) in [5.74, 6) is 1.36. The largest absolute Gasteiger partial charge is 0.338 e. The average Bonchev–Trinajstić information content (AvgIpc) is 3.04. The van der Waals surface area contributed by atoms with Crippen molar-refractivity contribution in [1.82, 2.24) is 9.97 Å². The van der Waals surface area contributed by atoms with E-state index >= 15 is 0 Å². The smallest absolute Gasteiger partial charge is 0.142 e. The van der Waals surface area contributed by atoms with Gasteiger partial charge in [-0.05, 0) is 30.7 Å². The predicted octanol–water partition coefficient (Wildman–Crippen LogP) is 7.37. The molecule has 4 aromatic rings. The van der Waals surface area contributed by atoms with Gasteiger partial charge in [0.15, 0.2) is 0 Å². The lowest BCUT2D eigenvalue weighted by Crippen LogP contribution is -1.98. The van der Waals surface area contributed by atoms with Crippen LogP contribution >= 0.6 is 46.1 Å². The van der Waals surface area contributed by atoms with Gasteiger partial charge in [0.1, 0.15) is 16.5 Å². The zero-order valence-electron chi connectivity index (χ0n) is 13.6. The van der Waals surface area contributed by atoms with Gasteiger partial charge in [0, 0.05) is 4.88 Å². The molecule has 2 heterocycles. The molecule has 26 heavy (non-hydrogen) atoms. The minimum absolute atomic E-state index is 0.410. The van der Waals surface area contributed by atoms with E-state index in [9.17, 15) is 0 Å². The highest BCUT2D eigenvalue weighted by Gasteiger charge is 2.14. The van der Waals surface area contributed by atoms with E-state index in [1.165, 1.54) is 0 Å². The van der Waals surface area contributed by atoms with Gasteiger partial charge in [-0.15, -0.1) is 11.3 Å². The highest BCUT2D eigenvalue weighted by Crippen LogP contribution is 2.38. The van der Waals surface area contributed by atoms with Crippen LogP contribution in [0, 0.1) is 6.92 Å². The van der Waals surface area contributed by atoms with E-state index in [0.29, 0.717) is 32.4 Å². The van der Waals surface area contributed by atoms with Crippen molar-refractivity contribution in [3.63, 3.8) is 0 Å². The lowest BCUT2D eigenvalue weighted by molar-refractivity contribution is 1.10. The zero-order chi connectivity index (χ0) is 18.3. The Hall–Kier alpha value is -1.85. The van der Waals surface area contributed by atoms with Crippen LogP contribution in [-0.2, 0) is 0 Å². The predicted molar refractivity (Wildman–Crippen MR) is 112 cm³/mol. The summed E-state index contributed by atoms with van der Waals surface area (Å²) in [5, 5.41) is 5.51. The Labute approximate surface area is 169 Å². The summed E-state index contributed by atoms with van der Waals surface area (Å²) >= 11 is 20.1. The molecule has 0 radical (unpaired) electrons. The molecule has 0 bridgehead atoms. The van der Waals surface area contributed by atoms with Crippen molar-refractivity contribution in [2.24, 2.45) is 0 Å². The van der Waals surface area contributed by atoms with Gasteiger partial charge in [-0.25, -0.2) is 9.97 Å².